The lowest BCUT2D eigenvalue weighted by atomic mass is 9.89. The normalized spacial score (nSPS) is 15.0. The molecule has 5 nitrogen and oxygen atoms in total. The molecule has 0 heterocycles. The minimum atomic E-state index is -3.44. The lowest BCUT2D eigenvalue weighted by Crippen LogP contribution is -2.30. The minimum Gasteiger partial charge on any atom is -0.352 e. The monoisotopic (exact) mass is 428 g/mol. The Morgan fingerprint density at radius 2 is 1.60 bits per heavy atom. The third-order valence-corrected chi connectivity index (χ3v) is 6.85. The average molecular weight is 429 g/mol. The molecular formula is C24H32N2O3S. The van der Waals surface area contributed by atoms with E-state index in [-0.39, 0.29) is 12.5 Å². The molecule has 30 heavy (non-hydrogen) atoms. The van der Waals surface area contributed by atoms with Gasteiger partial charge in [-0.2, -0.15) is 0 Å². The maximum Gasteiger partial charge on any atom is 0.251 e. The molecule has 0 aliphatic heterocycles. The van der Waals surface area contributed by atoms with Gasteiger partial charge in [0.2, 0.25) is 10.0 Å². The summed E-state index contributed by atoms with van der Waals surface area (Å²) in [7, 11) is -3.44. The second-order valence-electron chi connectivity index (χ2n) is 8.53. The van der Waals surface area contributed by atoms with Crippen LogP contribution >= 0.6 is 0 Å². The first-order valence-corrected chi connectivity index (χ1v) is 12.5. The van der Waals surface area contributed by atoms with Gasteiger partial charge < -0.3 is 5.32 Å². The summed E-state index contributed by atoms with van der Waals surface area (Å²) >= 11 is 0. The summed E-state index contributed by atoms with van der Waals surface area (Å²) in [6.45, 7) is 4.87. The van der Waals surface area contributed by atoms with Crippen molar-refractivity contribution in [3.63, 3.8) is 0 Å². The quantitative estimate of drug-likeness (QED) is 0.702. The second kappa shape index (κ2) is 9.65. The van der Waals surface area contributed by atoms with Crippen LogP contribution in [0.2, 0.25) is 0 Å². The number of hydrogen-bond acceptors (Lipinski definition) is 3. The number of hydrogen-bond donors (Lipinski definition) is 1. The fraction of sp³-hybridized carbons (Fsp3) is 0.458. The Bertz CT molecular complexity index is 958. The molecule has 1 N–H and O–H groups in total. The molecule has 0 bridgehead atoms. The zero-order valence-corrected chi connectivity index (χ0v) is 19.0. The number of benzene rings is 2. The van der Waals surface area contributed by atoms with Crippen molar-refractivity contribution in [2.75, 3.05) is 17.1 Å². The van der Waals surface area contributed by atoms with E-state index < -0.39 is 10.0 Å². The SMILES string of the molecule is Cc1cc(C)cc(N(Cc2ccc(C(=O)NCC3CCCCC3)cc2)S(C)(=O)=O)c1. The highest BCUT2D eigenvalue weighted by Crippen LogP contribution is 2.24. The molecule has 0 aromatic heterocycles. The summed E-state index contributed by atoms with van der Waals surface area (Å²) < 4.78 is 26.3. The van der Waals surface area contributed by atoms with E-state index in [0.717, 1.165) is 23.2 Å². The Hall–Kier alpha value is -2.34. The Morgan fingerprint density at radius 1 is 1.00 bits per heavy atom. The van der Waals surface area contributed by atoms with Crippen molar-refractivity contribution in [3.05, 3.63) is 64.7 Å². The molecule has 3 rings (SSSR count). The molecule has 2 aromatic rings. The Morgan fingerprint density at radius 3 is 2.17 bits per heavy atom. The molecule has 0 unspecified atom stereocenters. The predicted octanol–water partition coefficient (Wildman–Crippen LogP) is 4.58. The fourth-order valence-electron chi connectivity index (χ4n) is 4.15. The van der Waals surface area contributed by atoms with Crippen molar-refractivity contribution in [1.82, 2.24) is 5.32 Å². The Labute approximate surface area is 180 Å². The van der Waals surface area contributed by atoms with Crippen molar-refractivity contribution >= 4 is 21.6 Å². The predicted molar refractivity (Wildman–Crippen MR) is 122 cm³/mol. The number of rotatable bonds is 7. The van der Waals surface area contributed by atoms with Gasteiger partial charge in [0.05, 0.1) is 18.5 Å². The van der Waals surface area contributed by atoms with E-state index in [4.69, 9.17) is 0 Å². The zero-order valence-electron chi connectivity index (χ0n) is 18.1. The molecule has 1 aliphatic rings. The first kappa shape index (κ1) is 22.3. The summed E-state index contributed by atoms with van der Waals surface area (Å²) in [6, 6.07) is 13.0. The van der Waals surface area contributed by atoms with E-state index in [0.29, 0.717) is 17.2 Å². The smallest absolute Gasteiger partial charge is 0.251 e. The van der Waals surface area contributed by atoms with Gasteiger partial charge in [0.25, 0.3) is 5.91 Å². The number of anilines is 1. The van der Waals surface area contributed by atoms with E-state index in [1.807, 2.05) is 44.2 Å². The van der Waals surface area contributed by atoms with Gasteiger partial charge >= 0.3 is 0 Å². The van der Waals surface area contributed by atoms with Gasteiger partial charge in [-0.1, -0.05) is 37.5 Å². The third kappa shape index (κ3) is 6.08. The molecular weight excluding hydrogens is 396 g/mol. The third-order valence-electron chi connectivity index (χ3n) is 5.71. The van der Waals surface area contributed by atoms with Crippen LogP contribution in [-0.4, -0.2) is 27.1 Å². The highest BCUT2D eigenvalue weighted by atomic mass is 32.2. The van der Waals surface area contributed by atoms with Crippen molar-refractivity contribution in [2.45, 2.75) is 52.5 Å². The van der Waals surface area contributed by atoms with E-state index in [9.17, 15) is 13.2 Å². The van der Waals surface area contributed by atoms with E-state index >= 15 is 0 Å². The summed E-state index contributed by atoms with van der Waals surface area (Å²) in [5, 5.41) is 3.05. The van der Waals surface area contributed by atoms with Crippen molar-refractivity contribution in [3.8, 4) is 0 Å². The largest absolute Gasteiger partial charge is 0.352 e. The summed E-state index contributed by atoms with van der Waals surface area (Å²) in [5.74, 6) is 0.518. The van der Waals surface area contributed by atoms with Crippen molar-refractivity contribution in [1.29, 1.82) is 0 Å². The maximum atomic E-state index is 12.5. The Balaban J connectivity index is 1.68. The van der Waals surface area contributed by atoms with Gasteiger partial charge in [-0.05, 0) is 73.6 Å². The molecule has 0 atom stereocenters. The van der Waals surface area contributed by atoms with Crippen LogP contribution in [-0.2, 0) is 16.6 Å². The van der Waals surface area contributed by atoms with E-state index in [2.05, 4.69) is 5.32 Å². The molecule has 1 fully saturated rings. The number of nitrogens with one attached hydrogen (secondary N) is 1. The van der Waals surface area contributed by atoms with Crippen LogP contribution in [0.4, 0.5) is 5.69 Å². The fourth-order valence-corrected chi connectivity index (χ4v) is 5.02. The van der Waals surface area contributed by atoms with Gasteiger partial charge in [-0.3, -0.25) is 9.10 Å². The molecule has 1 saturated carbocycles. The number of carbonyl (C=O) groups is 1. The van der Waals surface area contributed by atoms with Gasteiger partial charge in [-0.15, -0.1) is 0 Å². The van der Waals surface area contributed by atoms with Crippen molar-refractivity contribution in [2.24, 2.45) is 5.92 Å². The first-order chi connectivity index (χ1) is 14.2. The zero-order chi connectivity index (χ0) is 21.7. The molecule has 1 aliphatic carbocycles. The molecule has 0 saturated heterocycles. The van der Waals surface area contributed by atoms with Crippen LogP contribution in [0.5, 0.6) is 0 Å². The lowest BCUT2D eigenvalue weighted by Gasteiger charge is -2.23. The average Bonchev–Trinajstić information content (AvgIpc) is 2.70. The molecule has 2 aromatic carbocycles. The Kier molecular flexibility index (Phi) is 7.19. The van der Waals surface area contributed by atoms with Crippen LogP contribution in [0.25, 0.3) is 0 Å². The van der Waals surface area contributed by atoms with Crippen molar-refractivity contribution < 1.29 is 13.2 Å². The number of amides is 1. The van der Waals surface area contributed by atoms with Crippen LogP contribution in [0, 0.1) is 19.8 Å². The maximum absolute atomic E-state index is 12.5. The highest BCUT2D eigenvalue weighted by molar-refractivity contribution is 7.92. The van der Waals surface area contributed by atoms with Gasteiger partial charge in [0.1, 0.15) is 0 Å². The summed E-state index contributed by atoms with van der Waals surface area (Å²) in [6.07, 6.45) is 7.42. The van der Waals surface area contributed by atoms with E-state index in [1.165, 1.54) is 42.7 Å². The number of sulfonamides is 1. The van der Waals surface area contributed by atoms with Gasteiger partial charge in [0.15, 0.2) is 0 Å². The molecule has 0 spiro atoms. The topological polar surface area (TPSA) is 66.5 Å². The molecule has 0 radical (unpaired) electrons. The van der Waals surface area contributed by atoms with Gasteiger partial charge in [0, 0.05) is 12.1 Å². The van der Waals surface area contributed by atoms with Crippen LogP contribution in [0.15, 0.2) is 42.5 Å². The number of aryl methyl sites for hydroxylation is 2. The van der Waals surface area contributed by atoms with Crippen LogP contribution in [0.3, 0.4) is 0 Å². The standard InChI is InChI=1S/C24H32N2O3S/c1-18-13-19(2)15-23(14-18)26(30(3,28)29)17-21-9-11-22(12-10-21)24(27)25-16-20-7-5-4-6-8-20/h9-15,20H,4-8,16-17H2,1-3H3,(H,25,27). The molecule has 1 amide bonds. The molecule has 162 valence electrons. The first-order valence-electron chi connectivity index (χ1n) is 10.7. The van der Waals surface area contributed by atoms with Gasteiger partial charge in [-0.25, -0.2) is 8.42 Å². The van der Waals surface area contributed by atoms with E-state index in [1.54, 1.807) is 12.1 Å². The second-order valence-corrected chi connectivity index (χ2v) is 10.4. The number of carbonyl (C=O) groups excluding carboxylic acids is 1. The minimum absolute atomic E-state index is 0.0681. The summed E-state index contributed by atoms with van der Waals surface area (Å²) in [5.41, 5.74) is 4.13. The van der Waals surface area contributed by atoms with Crippen LogP contribution < -0.4 is 9.62 Å². The van der Waals surface area contributed by atoms with Crippen LogP contribution in [0.1, 0.15) is 59.2 Å². The molecule has 6 heteroatoms. The lowest BCUT2D eigenvalue weighted by molar-refractivity contribution is 0.0943. The highest BCUT2D eigenvalue weighted by Gasteiger charge is 2.19. The number of nitrogens with zero attached hydrogens (tertiary/aromatic N) is 1. The summed E-state index contributed by atoms with van der Waals surface area (Å²) in [4.78, 5) is 12.5.